The third-order valence-corrected chi connectivity index (χ3v) is 5.48. The molecule has 3 rings (SSSR count). The SMILES string of the molecule is COc1ccccc1NC(=O)[C@H]1CCN(S(C)(=O)=O)c2cc(C)ccc2O1. The van der Waals surface area contributed by atoms with Crippen LogP contribution in [0.15, 0.2) is 42.5 Å². The number of hydrogen-bond acceptors (Lipinski definition) is 5. The number of anilines is 2. The zero-order valence-electron chi connectivity index (χ0n) is 15.4. The number of carbonyl (C=O) groups excluding carboxylic acids is 1. The molecule has 2 aromatic carbocycles. The second kappa shape index (κ2) is 7.48. The summed E-state index contributed by atoms with van der Waals surface area (Å²) in [6.07, 6.45) is 0.541. The topological polar surface area (TPSA) is 84.9 Å². The van der Waals surface area contributed by atoms with Gasteiger partial charge < -0.3 is 14.8 Å². The van der Waals surface area contributed by atoms with Crippen LogP contribution in [0.3, 0.4) is 0 Å². The summed E-state index contributed by atoms with van der Waals surface area (Å²) in [4.78, 5) is 12.8. The molecule has 1 N–H and O–H groups in total. The molecule has 0 saturated carbocycles. The van der Waals surface area contributed by atoms with Gasteiger partial charge in [0.1, 0.15) is 11.5 Å². The number of methoxy groups -OCH3 is 1. The van der Waals surface area contributed by atoms with Crippen LogP contribution in [0, 0.1) is 6.92 Å². The summed E-state index contributed by atoms with van der Waals surface area (Å²) in [5, 5.41) is 2.80. The van der Waals surface area contributed by atoms with Gasteiger partial charge >= 0.3 is 0 Å². The number of aryl methyl sites for hydroxylation is 1. The smallest absolute Gasteiger partial charge is 0.265 e. The van der Waals surface area contributed by atoms with E-state index in [9.17, 15) is 13.2 Å². The van der Waals surface area contributed by atoms with Gasteiger partial charge in [-0.2, -0.15) is 0 Å². The van der Waals surface area contributed by atoms with Gasteiger partial charge in [-0.15, -0.1) is 0 Å². The monoisotopic (exact) mass is 390 g/mol. The van der Waals surface area contributed by atoms with Crippen LogP contribution < -0.4 is 19.1 Å². The molecular weight excluding hydrogens is 368 g/mol. The zero-order chi connectivity index (χ0) is 19.6. The van der Waals surface area contributed by atoms with Gasteiger partial charge in [0.15, 0.2) is 6.10 Å². The number of amides is 1. The van der Waals surface area contributed by atoms with Crippen LogP contribution in [-0.4, -0.2) is 40.3 Å². The summed E-state index contributed by atoms with van der Waals surface area (Å²) in [6.45, 7) is 2.02. The third kappa shape index (κ3) is 4.16. The number of rotatable bonds is 4. The zero-order valence-corrected chi connectivity index (χ0v) is 16.2. The first-order valence-electron chi connectivity index (χ1n) is 8.48. The number of carbonyl (C=O) groups is 1. The Morgan fingerprint density at radius 3 is 2.70 bits per heavy atom. The number of sulfonamides is 1. The Hall–Kier alpha value is -2.74. The molecule has 0 bridgehead atoms. The second-order valence-electron chi connectivity index (χ2n) is 6.39. The Labute approximate surface area is 158 Å². The molecule has 0 aliphatic carbocycles. The summed E-state index contributed by atoms with van der Waals surface area (Å²) >= 11 is 0. The Kier molecular flexibility index (Phi) is 5.27. The van der Waals surface area contributed by atoms with Gasteiger partial charge in [0.25, 0.3) is 5.91 Å². The first-order valence-corrected chi connectivity index (χ1v) is 10.3. The molecule has 8 heteroatoms. The van der Waals surface area contributed by atoms with E-state index in [-0.39, 0.29) is 18.9 Å². The number of nitrogens with zero attached hydrogens (tertiary/aromatic N) is 1. The van der Waals surface area contributed by atoms with Gasteiger partial charge in [-0.1, -0.05) is 18.2 Å². The van der Waals surface area contributed by atoms with E-state index >= 15 is 0 Å². The van der Waals surface area contributed by atoms with Crippen LogP contribution in [0.1, 0.15) is 12.0 Å². The minimum atomic E-state index is -3.50. The van der Waals surface area contributed by atoms with E-state index in [1.165, 1.54) is 11.4 Å². The van der Waals surface area contributed by atoms with Gasteiger partial charge in [0.2, 0.25) is 10.0 Å². The van der Waals surface area contributed by atoms with E-state index in [2.05, 4.69) is 5.32 Å². The van der Waals surface area contributed by atoms with E-state index in [0.29, 0.717) is 22.9 Å². The molecule has 144 valence electrons. The van der Waals surface area contributed by atoms with E-state index in [4.69, 9.17) is 9.47 Å². The van der Waals surface area contributed by atoms with Crippen molar-refractivity contribution in [2.24, 2.45) is 0 Å². The number of para-hydroxylation sites is 2. The van der Waals surface area contributed by atoms with Crippen molar-refractivity contribution in [2.45, 2.75) is 19.4 Å². The highest BCUT2D eigenvalue weighted by molar-refractivity contribution is 7.92. The second-order valence-corrected chi connectivity index (χ2v) is 8.30. The fourth-order valence-corrected chi connectivity index (χ4v) is 3.92. The minimum absolute atomic E-state index is 0.152. The Bertz CT molecular complexity index is 958. The van der Waals surface area contributed by atoms with Crippen LogP contribution in [0.25, 0.3) is 0 Å². The third-order valence-electron chi connectivity index (χ3n) is 4.30. The summed E-state index contributed by atoms with van der Waals surface area (Å²) in [6, 6.07) is 12.3. The van der Waals surface area contributed by atoms with E-state index < -0.39 is 16.1 Å². The highest BCUT2D eigenvalue weighted by atomic mass is 32.2. The normalized spacial score (nSPS) is 16.7. The molecule has 1 atom stereocenters. The first kappa shape index (κ1) is 19.0. The predicted molar refractivity (Wildman–Crippen MR) is 104 cm³/mol. The maximum Gasteiger partial charge on any atom is 0.265 e. The van der Waals surface area contributed by atoms with Crippen molar-refractivity contribution in [3.05, 3.63) is 48.0 Å². The molecule has 1 aliphatic heterocycles. The number of nitrogens with one attached hydrogen (secondary N) is 1. The lowest BCUT2D eigenvalue weighted by atomic mass is 10.2. The lowest BCUT2D eigenvalue weighted by molar-refractivity contribution is -0.122. The van der Waals surface area contributed by atoms with Crippen molar-refractivity contribution in [2.75, 3.05) is 29.5 Å². The predicted octanol–water partition coefficient (Wildman–Crippen LogP) is 2.56. The quantitative estimate of drug-likeness (QED) is 0.867. The maximum absolute atomic E-state index is 12.8. The maximum atomic E-state index is 12.8. The van der Waals surface area contributed by atoms with Crippen molar-refractivity contribution < 1.29 is 22.7 Å². The molecular formula is C19H22N2O5S. The summed E-state index contributed by atoms with van der Waals surface area (Å²) < 4.78 is 36.9. The van der Waals surface area contributed by atoms with Gasteiger partial charge in [0.05, 0.1) is 24.7 Å². The number of benzene rings is 2. The van der Waals surface area contributed by atoms with Crippen molar-refractivity contribution in [3.63, 3.8) is 0 Å². The van der Waals surface area contributed by atoms with Gasteiger partial charge in [-0.25, -0.2) is 8.42 Å². The summed E-state index contributed by atoms with van der Waals surface area (Å²) in [5.41, 5.74) is 1.88. The Morgan fingerprint density at radius 1 is 1.26 bits per heavy atom. The number of fused-ring (bicyclic) bond motifs is 1. The lowest BCUT2D eigenvalue weighted by Crippen LogP contribution is -2.36. The highest BCUT2D eigenvalue weighted by Crippen LogP contribution is 2.35. The lowest BCUT2D eigenvalue weighted by Gasteiger charge is -2.21. The van der Waals surface area contributed by atoms with Gasteiger partial charge in [0, 0.05) is 13.0 Å². The standard InChI is InChI=1S/C19H22N2O5S/c1-13-8-9-17-15(12-13)21(27(3,23)24)11-10-18(26-17)19(22)20-14-6-4-5-7-16(14)25-2/h4-9,12,18H,10-11H2,1-3H3,(H,20,22)/t18-/m1/s1. The summed E-state index contributed by atoms with van der Waals surface area (Å²) in [7, 11) is -1.97. The van der Waals surface area contributed by atoms with Crippen LogP contribution in [0.4, 0.5) is 11.4 Å². The van der Waals surface area contributed by atoms with Crippen LogP contribution in [0.2, 0.25) is 0 Å². The van der Waals surface area contributed by atoms with Crippen molar-refractivity contribution in [1.82, 2.24) is 0 Å². The van der Waals surface area contributed by atoms with Crippen LogP contribution >= 0.6 is 0 Å². The van der Waals surface area contributed by atoms with E-state index in [1.54, 1.807) is 36.4 Å². The van der Waals surface area contributed by atoms with E-state index in [1.807, 2.05) is 13.0 Å². The Morgan fingerprint density at radius 2 is 2.00 bits per heavy atom. The number of hydrogen-bond donors (Lipinski definition) is 1. The highest BCUT2D eigenvalue weighted by Gasteiger charge is 2.31. The van der Waals surface area contributed by atoms with Crippen molar-refractivity contribution in [1.29, 1.82) is 0 Å². The Balaban J connectivity index is 1.89. The van der Waals surface area contributed by atoms with Crippen molar-refractivity contribution in [3.8, 4) is 11.5 Å². The van der Waals surface area contributed by atoms with E-state index in [0.717, 1.165) is 11.8 Å². The van der Waals surface area contributed by atoms with Crippen LogP contribution in [0.5, 0.6) is 11.5 Å². The minimum Gasteiger partial charge on any atom is -0.495 e. The molecule has 0 unspecified atom stereocenters. The average molecular weight is 390 g/mol. The fourth-order valence-electron chi connectivity index (χ4n) is 2.98. The van der Waals surface area contributed by atoms with Crippen molar-refractivity contribution >= 4 is 27.3 Å². The summed E-state index contributed by atoms with van der Waals surface area (Å²) in [5.74, 6) is 0.540. The number of ether oxygens (including phenoxy) is 2. The molecule has 7 nitrogen and oxygen atoms in total. The average Bonchev–Trinajstić information content (AvgIpc) is 2.81. The van der Waals surface area contributed by atoms with Gasteiger partial charge in [-0.05, 0) is 36.8 Å². The molecule has 0 radical (unpaired) electrons. The van der Waals surface area contributed by atoms with Gasteiger partial charge in [-0.3, -0.25) is 9.10 Å². The molecule has 0 spiro atoms. The largest absolute Gasteiger partial charge is 0.495 e. The fraction of sp³-hybridized carbons (Fsp3) is 0.316. The molecule has 2 aromatic rings. The molecule has 0 aromatic heterocycles. The molecule has 0 fully saturated rings. The molecule has 1 heterocycles. The molecule has 1 aliphatic rings. The molecule has 27 heavy (non-hydrogen) atoms. The van der Waals surface area contributed by atoms with Crippen LogP contribution in [-0.2, 0) is 14.8 Å². The first-order chi connectivity index (χ1) is 12.8. The molecule has 1 amide bonds. The molecule has 0 saturated heterocycles.